The Labute approximate surface area is 84.7 Å². The summed E-state index contributed by atoms with van der Waals surface area (Å²) in [4.78, 5) is 2.43. The van der Waals surface area contributed by atoms with Gasteiger partial charge in [0.05, 0.1) is 25.6 Å². The average Bonchev–Trinajstić information content (AvgIpc) is 1.99. The van der Waals surface area contributed by atoms with Crippen molar-refractivity contribution in [1.82, 2.24) is 4.90 Å². The number of halogens is 1. The summed E-state index contributed by atoms with van der Waals surface area (Å²) < 4.78 is 17.8. The van der Waals surface area contributed by atoms with Gasteiger partial charge in [-0.15, -0.1) is 0 Å². The van der Waals surface area contributed by atoms with E-state index >= 15 is 0 Å². The first-order valence-electron chi connectivity index (χ1n) is 5.25. The third-order valence-electron chi connectivity index (χ3n) is 3.40. The minimum atomic E-state index is -0.0113. The SMILES string of the molecule is CC1(C)CN(C2COC2)CC/C1=C\F. The Morgan fingerprint density at radius 3 is 2.64 bits per heavy atom. The summed E-state index contributed by atoms with van der Waals surface area (Å²) in [7, 11) is 0. The maximum Gasteiger partial charge on any atom is 0.0865 e. The van der Waals surface area contributed by atoms with Crippen molar-refractivity contribution in [1.29, 1.82) is 0 Å². The van der Waals surface area contributed by atoms with Crippen LogP contribution in [0.2, 0.25) is 0 Å². The number of piperidine rings is 1. The lowest BCUT2D eigenvalue weighted by Crippen LogP contribution is -2.54. The molecule has 2 fully saturated rings. The first kappa shape index (κ1) is 10.1. The lowest BCUT2D eigenvalue weighted by Gasteiger charge is -2.46. The van der Waals surface area contributed by atoms with Crippen molar-refractivity contribution in [2.45, 2.75) is 26.3 Å². The Hall–Kier alpha value is -0.410. The molecule has 2 rings (SSSR count). The molecule has 0 unspecified atom stereocenters. The van der Waals surface area contributed by atoms with Crippen molar-refractivity contribution in [3.63, 3.8) is 0 Å². The molecule has 2 heterocycles. The Morgan fingerprint density at radius 2 is 2.21 bits per heavy atom. The van der Waals surface area contributed by atoms with E-state index in [4.69, 9.17) is 4.74 Å². The van der Waals surface area contributed by atoms with Gasteiger partial charge >= 0.3 is 0 Å². The molecule has 3 heteroatoms. The molecule has 0 aromatic rings. The second kappa shape index (κ2) is 3.63. The van der Waals surface area contributed by atoms with Gasteiger partial charge in [-0.25, -0.2) is 4.39 Å². The topological polar surface area (TPSA) is 12.5 Å². The largest absolute Gasteiger partial charge is 0.378 e. The molecule has 0 bridgehead atoms. The molecule has 0 atom stereocenters. The van der Waals surface area contributed by atoms with Crippen LogP contribution in [0.1, 0.15) is 20.3 Å². The standard InChI is InChI=1S/C11H18FNO/c1-11(2)8-13(10-6-14-7-10)4-3-9(11)5-12/h5,10H,3-4,6-8H2,1-2H3/b9-5+. The van der Waals surface area contributed by atoms with Gasteiger partial charge in [-0.1, -0.05) is 13.8 Å². The van der Waals surface area contributed by atoms with E-state index in [1.165, 1.54) is 0 Å². The van der Waals surface area contributed by atoms with E-state index in [2.05, 4.69) is 18.7 Å². The molecule has 0 aromatic heterocycles. The van der Waals surface area contributed by atoms with Gasteiger partial charge in [0, 0.05) is 18.5 Å². The van der Waals surface area contributed by atoms with Gasteiger partial charge in [0.25, 0.3) is 0 Å². The summed E-state index contributed by atoms with van der Waals surface area (Å²) in [6, 6.07) is 0.579. The van der Waals surface area contributed by atoms with E-state index in [0.717, 1.165) is 44.6 Å². The lowest BCUT2D eigenvalue weighted by atomic mass is 9.79. The quantitative estimate of drug-likeness (QED) is 0.640. The summed E-state index contributed by atoms with van der Waals surface area (Å²) in [6.07, 6.45) is 1.66. The molecule has 0 saturated carbocycles. The highest BCUT2D eigenvalue weighted by Gasteiger charge is 2.36. The molecule has 2 aliphatic rings. The van der Waals surface area contributed by atoms with E-state index < -0.39 is 0 Å². The normalized spacial score (nSPS) is 31.8. The maximum absolute atomic E-state index is 12.6. The summed E-state index contributed by atoms with van der Waals surface area (Å²) in [5, 5.41) is 0. The molecule has 2 saturated heterocycles. The fraction of sp³-hybridized carbons (Fsp3) is 0.818. The molecule has 0 N–H and O–H groups in total. The van der Waals surface area contributed by atoms with Crippen LogP contribution in [0.5, 0.6) is 0 Å². The zero-order valence-corrected chi connectivity index (χ0v) is 8.92. The van der Waals surface area contributed by atoms with Crippen LogP contribution in [0.15, 0.2) is 11.9 Å². The van der Waals surface area contributed by atoms with Crippen LogP contribution >= 0.6 is 0 Å². The Kier molecular flexibility index (Phi) is 2.62. The highest BCUT2D eigenvalue weighted by atomic mass is 19.1. The predicted molar refractivity (Wildman–Crippen MR) is 53.8 cm³/mol. The maximum atomic E-state index is 12.6. The molecule has 14 heavy (non-hydrogen) atoms. The van der Waals surface area contributed by atoms with E-state index in [9.17, 15) is 4.39 Å². The third-order valence-corrected chi connectivity index (χ3v) is 3.40. The second-order valence-corrected chi connectivity index (χ2v) is 4.93. The van der Waals surface area contributed by atoms with Crippen LogP contribution in [-0.4, -0.2) is 37.2 Å². The molecule has 2 aliphatic heterocycles. The average molecular weight is 199 g/mol. The van der Waals surface area contributed by atoms with Crippen LogP contribution in [0.4, 0.5) is 4.39 Å². The van der Waals surface area contributed by atoms with E-state index in [0.29, 0.717) is 6.04 Å². The van der Waals surface area contributed by atoms with Crippen LogP contribution in [-0.2, 0) is 4.74 Å². The zero-order chi connectivity index (χ0) is 10.2. The molecule has 80 valence electrons. The summed E-state index contributed by atoms with van der Waals surface area (Å²) in [5.74, 6) is 0. The van der Waals surface area contributed by atoms with Crippen LogP contribution in [0, 0.1) is 5.41 Å². The van der Waals surface area contributed by atoms with E-state index in [1.807, 2.05) is 0 Å². The third kappa shape index (κ3) is 1.71. The smallest absolute Gasteiger partial charge is 0.0865 e. The fourth-order valence-corrected chi connectivity index (χ4v) is 2.24. The Morgan fingerprint density at radius 1 is 1.50 bits per heavy atom. The molecule has 0 radical (unpaired) electrons. The molecular weight excluding hydrogens is 181 g/mol. The first-order chi connectivity index (χ1) is 6.63. The predicted octanol–water partition coefficient (Wildman–Crippen LogP) is 1.97. The number of rotatable bonds is 1. The first-order valence-corrected chi connectivity index (χ1v) is 5.25. The van der Waals surface area contributed by atoms with Gasteiger partial charge in [-0.3, -0.25) is 4.90 Å². The fourth-order valence-electron chi connectivity index (χ4n) is 2.24. The van der Waals surface area contributed by atoms with Gasteiger partial charge in [0.1, 0.15) is 0 Å². The minimum absolute atomic E-state index is 0.0113. The second-order valence-electron chi connectivity index (χ2n) is 4.93. The molecular formula is C11H18FNO. The minimum Gasteiger partial charge on any atom is -0.378 e. The number of hydrogen-bond acceptors (Lipinski definition) is 2. The Balaban J connectivity index is 2.01. The van der Waals surface area contributed by atoms with Crippen molar-refractivity contribution in [2.75, 3.05) is 26.3 Å². The van der Waals surface area contributed by atoms with Crippen LogP contribution in [0.25, 0.3) is 0 Å². The van der Waals surface area contributed by atoms with Crippen molar-refractivity contribution >= 4 is 0 Å². The van der Waals surface area contributed by atoms with Gasteiger partial charge in [0.15, 0.2) is 0 Å². The summed E-state index contributed by atoms with van der Waals surface area (Å²) >= 11 is 0. The number of nitrogens with zero attached hydrogens (tertiary/aromatic N) is 1. The monoisotopic (exact) mass is 199 g/mol. The summed E-state index contributed by atoms with van der Waals surface area (Å²) in [5.41, 5.74) is 0.941. The van der Waals surface area contributed by atoms with Gasteiger partial charge in [0.2, 0.25) is 0 Å². The molecule has 0 spiro atoms. The molecule has 2 nitrogen and oxygen atoms in total. The number of ether oxygens (including phenoxy) is 1. The van der Waals surface area contributed by atoms with Crippen LogP contribution < -0.4 is 0 Å². The highest BCUT2D eigenvalue weighted by molar-refractivity contribution is 5.14. The van der Waals surface area contributed by atoms with Crippen molar-refractivity contribution in [3.8, 4) is 0 Å². The molecule has 0 amide bonds. The van der Waals surface area contributed by atoms with Gasteiger partial charge in [-0.2, -0.15) is 0 Å². The molecule has 0 aromatic carbocycles. The van der Waals surface area contributed by atoms with Crippen molar-refractivity contribution in [3.05, 3.63) is 11.9 Å². The number of likely N-dealkylation sites (tertiary alicyclic amines) is 1. The van der Waals surface area contributed by atoms with Crippen molar-refractivity contribution < 1.29 is 9.13 Å². The van der Waals surface area contributed by atoms with Crippen molar-refractivity contribution in [2.24, 2.45) is 5.41 Å². The van der Waals surface area contributed by atoms with Gasteiger partial charge in [-0.05, 0) is 12.0 Å². The number of hydrogen-bond donors (Lipinski definition) is 0. The van der Waals surface area contributed by atoms with Crippen LogP contribution in [0.3, 0.4) is 0 Å². The summed E-state index contributed by atoms with van der Waals surface area (Å²) in [6.45, 7) is 7.87. The lowest BCUT2D eigenvalue weighted by molar-refractivity contribution is -0.0773. The highest BCUT2D eigenvalue weighted by Crippen LogP contribution is 2.35. The Bertz CT molecular complexity index is 246. The van der Waals surface area contributed by atoms with E-state index in [1.54, 1.807) is 0 Å². The zero-order valence-electron chi connectivity index (χ0n) is 8.92. The van der Waals surface area contributed by atoms with Gasteiger partial charge < -0.3 is 4.74 Å². The molecule has 0 aliphatic carbocycles. The van der Waals surface area contributed by atoms with E-state index in [-0.39, 0.29) is 5.41 Å².